The van der Waals surface area contributed by atoms with E-state index in [1.165, 1.54) is 0 Å². The van der Waals surface area contributed by atoms with E-state index in [1.54, 1.807) is 7.11 Å². The monoisotopic (exact) mass is 375 g/mol. The van der Waals surface area contributed by atoms with Crippen LogP contribution in [-0.4, -0.2) is 19.6 Å². The summed E-state index contributed by atoms with van der Waals surface area (Å²) in [6.45, 7) is 1.13. The summed E-state index contributed by atoms with van der Waals surface area (Å²) in [5, 5.41) is 3.08. The Labute approximate surface area is 165 Å². The molecule has 0 saturated heterocycles. The Morgan fingerprint density at radius 1 is 0.929 bits per heavy atom. The first-order valence-corrected chi connectivity index (χ1v) is 9.20. The largest absolute Gasteiger partial charge is 0.495 e. The highest BCUT2D eigenvalue weighted by Gasteiger charge is 2.03. The summed E-state index contributed by atoms with van der Waals surface area (Å²) in [7, 11) is 1.63. The van der Waals surface area contributed by atoms with Crippen LogP contribution < -0.4 is 20.5 Å². The van der Waals surface area contributed by atoms with E-state index in [-0.39, 0.29) is 0 Å². The number of hydrogen-bond acceptors (Lipinski definition) is 3. The predicted molar refractivity (Wildman–Crippen MR) is 114 cm³/mol. The number of aliphatic imine (C=N–C) groups is 1. The minimum atomic E-state index is 0.362. The molecule has 3 aromatic rings. The number of hydrogen-bond donors (Lipinski definition) is 2. The van der Waals surface area contributed by atoms with E-state index >= 15 is 0 Å². The molecule has 0 atom stereocenters. The first-order chi connectivity index (χ1) is 13.7. The van der Waals surface area contributed by atoms with Crippen LogP contribution in [0.1, 0.15) is 11.1 Å². The van der Waals surface area contributed by atoms with Crippen molar-refractivity contribution in [1.29, 1.82) is 0 Å². The van der Waals surface area contributed by atoms with Crippen LogP contribution in [0.3, 0.4) is 0 Å². The van der Waals surface area contributed by atoms with Gasteiger partial charge in [-0.2, -0.15) is 0 Å². The van der Waals surface area contributed by atoms with Crippen LogP contribution in [0, 0.1) is 0 Å². The molecule has 3 aromatic carbocycles. The van der Waals surface area contributed by atoms with Gasteiger partial charge in [0, 0.05) is 6.54 Å². The van der Waals surface area contributed by atoms with Gasteiger partial charge in [-0.25, -0.2) is 0 Å². The molecule has 5 nitrogen and oxygen atoms in total. The molecule has 0 radical (unpaired) electrons. The van der Waals surface area contributed by atoms with Gasteiger partial charge in [-0.15, -0.1) is 0 Å². The van der Waals surface area contributed by atoms with Crippen LogP contribution in [-0.2, 0) is 13.0 Å². The first-order valence-electron chi connectivity index (χ1n) is 9.20. The second-order valence-electron chi connectivity index (χ2n) is 6.26. The summed E-state index contributed by atoms with van der Waals surface area (Å²) in [6.07, 6.45) is 0.775. The fraction of sp³-hybridized carbons (Fsp3) is 0.174. The molecule has 0 aliphatic heterocycles. The molecule has 0 saturated carbocycles. The molecule has 28 heavy (non-hydrogen) atoms. The molecule has 0 amide bonds. The molecule has 144 valence electrons. The van der Waals surface area contributed by atoms with Gasteiger partial charge in [0.05, 0.1) is 12.8 Å². The van der Waals surface area contributed by atoms with Crippen LogP contribution in [0.15, 0.2) is 83.9 Å². The Morgan fingerprint density at radius 3 is 2.50 bits per heavy atom. The number of benzene rings is 3. The highest BCUT2D eigenvalue weighted by molar-refractivity contribution is 5.93. The van der Waals surface area contributed by atoms with Gasteiger partial charge in [-0.1, -0.05) is 54.6 Å². The average molecular weight is 375 g/mol. The summed E-state index contributed by atoms with van der Waals surface area (Å²) < 4.78 is 11.2. The van der Waals surface area contributed by atoms with Crippen molar-refractivity contribution < 1.29 is 9.47 Å². The third-order valence-electron chi connectivity index (χ3n) is 4.20. The smallest absolute Gasteiger partial charge is 0.193 e. The number of nitrogens with zero attached hydrogens (tertiary/aromatic N) is 1. The third kappa shape index (κ3) is 5.77. The summed E-state index contributed by atoms with van der Waals surface area (Å²) in [5.41, 5.74) is 9.09. The number of anilines is 1. The number of guanidine groups is 1. The molecule has 0 bridgehead atoms. The van der Waals surface area contributed by atoms with Gasteiger partial charge in [-0.05, 0) is 41.8 Å². The first kappa shape index (κ1) is 19.3. The van der Waals surface area contributed by atoms with Crippen molar-refractivity contribution in [2.24, 2.45) is 10.7 Å². The minimum Gasteiger partial charge on any atom is -0.495 e. The molecule has 0 unspecified atom stereocenters. The molecular weight excluding hydrogens is 350 g/mol. The van der Waals surface area contributed by atoms with Gasteiger partial charge in [0.1, 0.15) is 18.1 Å². The summed E-state index contributed by atoms with van der Waals surface area (Å²) in [6, 6.07) is 25.8. The van der Waals surface area contributed by atoms with Gasteiger partial charge in [0.25, 0.3) is 0 Å². The maximum absolute atomic E-state index is 5.99. The van der Waals surface area contributed by atoms with Crippen molar-refractivity contribution in [1.82, 2.24) is 0 Å². The van der Waals surface area contributed by atoms with Crippen molar-refractivity contribution in [2.75, 3.05) is 19.0 Å². The Kier molecular flexibility index (Phi) is 6.90. The van der Waals surface area contributed by atoms with Gasteiger partial charge >= 0.3 is 0 Å². The van der Waals surface area contributed by atoms with Crippen molar-refractivity contribution in [3.05, 3.63) is 90.0 Å². The van der Waals surface area contributed by atoms with E-state index in [1.807, 2.05) is 60.7 Å². The van der Waals surface area contributed by atoms with Gasteiger partial charge in [-0.3, -0.25) is 4.99 Å². The zero-order chi connectivity index (χ0) is 19.6. The van der Waals surface area contributed by atoms with Crippen molar-refractivity contribution >= 4 is 11.6 Å². The Morgan fingerprint density at radius 2 is 1.68 bits per heavy atom. The maximum atomic E-state index is 5.99. The van der Waals surface area contributed by atoms with E-state index in [0.29, 0.717) is 19.1 Å². The van der Waals surface area contributed by atoms with Crippen LogP contribution in [0.25, 0.3) is 0 Å². The number of nitrogens with two attached hydrogens (primary N) is 1. The SMILES string of the molecule is COc1ccccc1NC(N)=NCCc1cccc(OCc2ccccc2)c1. The Bertz CT molecular complexity index is 910. The van der Waals surface area contributed by atoms with Crippen LogP contribution in [0.2, 0.25) is 0 Å². The van der Waals surface area contributed by atoms with Crippen LogP contribution in [0.5, 0.6) is 11.5 Å². The lowest BCUT2D eigenvalue weighted by molar-refractivity contribution is 0.306. The lowest BCUT2D eigenvalue weighted by Gasteiger charge is -2.10. The second-order valence-corrected chi connectivity index (χ2v) is 6.26. The van der Waals surface area contributed by atoms with Gasteiger partial charge in [0.2, 0.25) is 0 Å². The highest BCUT2D eigenvalue weighted by Crippen LogP contribution is 2.22. The van der Waals surface area contributed by atoms with E-state index < -0.39 is 0 Å². The zero-order valence-corrected chi connectivity index (χ0v) is 16.0. The fourth-order valence-corrected chi connectivity index (χ4v) is 2.76. The molecule has 0 aliphatic rings. The van der Waals surface area contributed by atoms with E-state index in [0.717, 1.165) is 34.7 Å². The molecule has 0 aromatic heterocycles. The van der Waals surface area contributed by atoms with Crippen LogP contribution >= 0.6 is 0 Å². The van der Waals surface area contributed by atoms with Crippen molar-refractivity contribution in [2.45, 2.75) is 13.0 Å². The molecule has 0 fully saturated rings. The number of rotatable bonds is 8. The lowest BCUT2D eigenvalue weighted by atomic mass is 10.1. The van der Waals surface area contributed by atoms with Crippen molar-refractivity contribution in [3.8, 4) is 11.5 Å². The number of methoxy groups -OCH3 is 1. The van der Waals surface area contributed by atoms with E-state index in [9.17, 15) is 0 Å². The number of nitrogens with one attached hydrogen (secondary N) is 1. The maximum Gasteiger partial charge on any atom is 0.193 e. The molecule has 3 rings (SSSR count). The topological polar surface area (TPSA) is 68.9 Å². The lowest BCUT2D eigenvalue weighted by Crippen LogP contribution is -2.23. The molecule has 0 heterocycles. The highest BCUT2D eigenvalue weighted by atomic mass is 16.5. The summed E-state index contributed by atoms with van der Waals surface area (Å²) in [4.78, 5) is 4.40. The van der Waals surface area contributed by atoms with E-state index in [4.69, 9.17) is 15.2 Å². The second kappa shape index (κ2) is 10.0. The molecule has 5 heteroatoms. The third-order valence-corrected chi connectivity index (χ3v) is 4.20. The molecular formula is C23H25N3O2. The molecule has 0 aliphatic carbocycles. The van der Waals surface area contributed by atoms with Crippen LogP contribution in [0.4, 0.5) is 5.69 Å². The minimum absolute atomic E-state index is 0.362. The average Bonchev–Trinajstić information content (AvgIpc) is 2.74. The van der Waals surface area contributed by atoms with E-state index in [2.05, 4.69) is 28.5 Å². The van der Waals surface area contributed by atoms with Gasteiger partial charge in [0.15, 0.2) is 5.96 Å². The number of ether oxygens (including phenoxy) is 2. The Hall–Kier alpha value is -3.47. The summed E-state index contributed by atoms with van der Waals surface area (Å²) in [5.74, 6) is 1.94. The molecule has 0 spiro atoms. The predicted octanol–water partition coefficient (Wildman–Crippen LogP) is 4.24. The zero-order valence-electron chi connectivity index (χ0n) is 16.0. The normalized spacial score (nSPS) is 11.1. The fourth-order valence-electron chi connectivity index (χ4n) is 2.76. The quantitative estimate of drug-likeness (QED) is 0.456. The number of para-hydroxylation sites is 2. The Balaban J connectivity index is 1.52. The summed E-state index contributed by atoms with van der Waals surface area (Å²) >= 11 is 0. The van der Waals surface area contributed by atoms with Gasteiger partial charge < -0.3 is 20.5 Å². The van der Waals surface area contributed by atoms with Crippen molar-refractivity contribution in [3.63, 3.8) is 0 Å². The molecule has 3 N–H and O–H groups in total. The standard InChI is InChI=1S/C23H25N3O2/c1-27-22-13-6-5-12-21(22)26-23(24)25-15-14-18-10-7-11-20(16-18)28-17-19-8-3-2-4-9-19/h2-13,16H,14-15,17H2,1H3,(H3,24,25,26).